The van der Waals surface area contributed by atoms with Crippen molar-refractivity contribution >= 4 is 11.6 Å². The minimum Gasteiger partial charge on any atom is -0.0622 e. The maximum absolute atomic E-state index is 2.35. The molecule has 0 amide bonds. The van der Waals surface area contributed by atoms with E-state index in [2.05, 4.69) is 117 Å². The summed E-state index contributed by atoms with van der Waals surface area (Å²) in [4.78, 5) is 0. The van der Waals surface area contributed by atoms with Crippen molar-refractivity contribution in [2.75, 3.05) is 0 Å². The number of aryl methyl sites for hydroxylation is 2. The van der Waals surface area contributed by atoms with Gasteiger partial charge in [0.2, 0.25) is 0 Å². The van der Waals surface area contributed by atoms with E-state index in [1.807, 2.05) is 0 Å². The third-order valence-corrected chi connectivity index (χ3v) is 5.59. The topological polar surface area (TPSA) is 0 Å². The average Bonchev–Trinajstić information content (AvgIpc) is 3.18. The van der Waals surface area contributed by atoms with Crippen LogP contribution in [0, 0.1) is 20.3 Å². The lowest BCUT2D eigenvalue weighted by Crippen LogP contribution is -1.93. The zero-order valence-corrected chi connectivity index (χ0v) is 16.8. The summed E-state index contributed by atoms with van der Waals surface area (Å²) in [6.07, 6.45) is 4.66. The van der Waals surface area contributed by atoms with Crippen molar-refractivity contribution in [1.82, 2.24) is 0 Å². The molecule has 0 saturated carbocycles. The normalized spacial score (nSPS) is 12.6. The number of benzene rings is 4. The molecule has 0 saturated heterocycles. The summed E-state index contributed by atoms with van der Waals surface area (Å²) in [5.74, 6) is 0. The third-order valence-electron chi connectivity index (χ3n) is 5.59. The van der Waals surface area contributed by atoms with Gasteiger partial charge in [-0.15, -0.1) is 0 Å². The van der Waals surface area contributed by atoms with Gasteiger partial charge in [-0.1, -0.05) is 102 Å². The van der Waals surface area contributed by atoms with Crippen LogP contribution < -0.4 is 0 Å². The van der Waals surface area contributed by atoms with Crippen molar-refractivity contribution in [3.05, 3.63) is 125 Å². The zero-order chi connectivity index (χ0) is 19.8. The van der Waals surface area contributed by atoms with Crippen LogP contribution in [0.25, 0.3) is 33.9 Å². The number of hydrogen-bond acceptors (Lipinski definition) is 0. The molecule has 0 heterocycles. The highest BCUT2D eigenvalue weighted by Gasteiger charge is 2.21. The van der Waals surface area contributed by atoms with Crippen molar-refractivity contribution in [3.63, 3.8) is 0 Å². The van der Waals surface area contributed by atoms with Gasteiger partial charge in [0.15, 0.2) is 0 Å². The van der Waals surface area contributed by atoms with E-state index in [1.165, 1.54) is 55.6 Å². The summed E-state index contributed by atoms with van der Waals surface area (Å²) in [5.41, 5.74) is 12.9. The Kier molecular flexibility index (Phi) is 4.41. The Morgan fingerprint density at radius 3 is 1.83 bits per heavy atom. The Labute approximate surface area is 173 Å². The Hall–Kier alpha value is -3.38. The van der Waals surface area contributed by atoms with Crippen molar-refractivity contribution in [2.24, 2.45) is 0 Å². The Morgan fingerprint density at radius 1 is 0.552 bits per heavy atom. The maximum atomic E-state index is 2.35. The molecule has 0 aliphatic heterocycles. The summed E-state index contributed by atoms with van der Waals surface area (Å²) in [5, 5.41) is 0. The maximum Gasteiger partial charge on any atom is 0.0211 e. The summed E-state index contributed by atoms with van der Waals surface area (Å²) < 4.78 is 0. The molecule has 0 atom stereocenters. The molecule has 29 heavy (non-hydrogen) atoms. The summed E-state index contributed by atoms with van der Waals surface area (Å²) in [6, 6.07) is 32.8. The van der Waals surface area contributed by atoms with E-state index in [-0.39, 0.29) is 0 Å². The predicted molar refractivity (Wildman–Crippen MR) is 125 cm³/mol. The van der Waals surface area contributed by atoms with Gasteiger partial charge in [0.05, 0.1) is 0 Å². The second-order valence-electron chi connectivity index (χ2n) is 7.84. The van der Waals surface area contributed by atoms with Crippen molar-refractivity contribution < 1.29 is 0 Å². The fourth-order valence-electron chi connectivity index (χ4n) is 4.37. The minimum atomic E-state index is 1.26. The first kappa shape index (κ1) is 17.7. The van der Waals surface area contributed by atoms with Crippen LogP contribution in [0.1, 0.15) is 27.8 Å². The third kappa shape index (κ3) is 3.32. The first-order valence-corrected chi connectivity index (χ1v) is 10.1. The minimum absolute atomic E-state index is 1.26. The fraction of sp³-hybridized carbons (Fsp3) is 0.0690. The standard InChI is InChI=1S/C29H23/c1-20-15-21(2)17-26(16-20)29-27(23-11-7-4-8-12-23)14-13-24-18-25(19-28(24)29)22-9-5-3-6-10-22/h3-19H,1-2H3. The zero-order valence-electron chi connectivity index (χ0n) is 16.8. The quantitative estimate of drug-likeness (QED) is 0.345. The van der Waals surface area contributed by atoms with E-state index in [0.29, 0.717) is 0 Å². The van der Waals surface area contributed by atoms with Gasteiger partial charge in [-0.25, -0.2) is 0 Å². The smallest absolute Gasteiger partial charge is 0.0211 e. The molecule has 1 aliphatic rings. The molecule has 4 aromatic carbocycles. The van der Waals surface area contributed by atoms with Gasteiger partial charge in [0.1, 0.15) is 0 Å². The van der Waals surface area contributed by atoms with Crippen LogP contribution in [-0.4, -0.2) is 0 Å². The molecule has 0 bridgehead atoms. The molecule has 1 aliphatic carbocycles. The molecule has 0 fully saturated rings. The van der Waals surface area contributed by atoms with E-state index in [0.717, 1.165) is 0 Å². The Morgan fingerprint density at radius 2 is 1.17 bits per heavy atom. The van der Waals surface area contributed by atoms with Crippen LogP contribution in [0.2, 0.25) is 0 Å². The van der Waals surface area contributed by atoms with Gasteiger partial charge < -0.3 is 0 Å². The van der Waals surface area contributed by atoms with E-state index in [1.54, 1.807) is 0 Å². The van der Waals surface area contributed by atoms with Gasteiger partial charge in [0.25, 0.3) is 0 Å². The Balaban J connectivity index is 1.77. The lowest BCUT2D eigenvalue weighted by atomic mass is 9.87. The van der Waals surface area contributed by atoms with Crippen LogP contribution in [0.4, 0.5) is 0 Å². The highest BCUT2D eigenvalue weighted by molar-refractivity contribution is 6.02. The van der Waals surface area contributed by atoms with Crippen LogP contribution in [0.3, 0.4) is 0 Å². The van der Waals surface area contributed by atoms with Gasteiger partial charge in [0, 0.05) is 6.42 Å². The van der Waals surface area contributed by atoms with Crippen molar-refractivity contribution in [2.45, 2.75) is 13.8 Å². The summed E-state index contributed by atoms with van der Waals surface area (Å²) in [6.45, 7) is 4.36. The van der Waals surface area contributed by atoms with Crippen LogP contribution in [0.15, 0.2) is 91.0 Å². The first-order valence-electron chi connectivity index (χ1n) is 10.1. The molecular formula is C29H23. The second kappa shape index (κ2) is 7.22. The first-order chi connectivity index (χ1) is 14.2. The average molecular weight is 372 g/mol. The molecule has 4 aromatic rings. The molecular weight excluding hydrogens is 348 g/mol. The number of rotatable bonds is 3. The van der Waals surface area contributed by atoms with Gasteiger partial charge >= 0.3 is 0 Å². The number of fused-ring (bicyclic) bond motifs is 1. The van der Waals surface area contributed by atoms with Gasteiger partial charge in [-0.2, -0.15) is 0 Å². The molecule has 139 valence electrons. The van der Waals surface area contributed by atoms with Crippen LogP contribution in [-0.2, 0) is 0 Å². The molecule has 0 unspecified atom stereocenters. The number of allylic oxidation sites excluding steroid dienone is 1. The lowest BCUT2D eigenvalue weighted by molar-refractivity contribution is 1.38. The van der Waals surface area contributed by atoms with Crippen LogP contribution >= 0.6 is 0 Å². The predicted octanol–water partition coefficient (Wildman–Crippen LogP) is 7.74. The van der Waals surface area contributed by atoms with Crippen molar-refractivity contribution in [3.8, 4) is 22.3 Å². The monoisotopic (exact) mass is 371 g/mol. The second-order valence-corrected chi connectivity index (χ2v) is 7.84. The molecule has 0 N–H and O–H groups in total. The molecule has 0 aromatic heterocycles. The van der Waals surface area contributed by atoms with Crippen LogP contribution in [0.5, 0.6) is 0 Å². The highest BCUT2D eigenvalue weighted by atomic mass is 14.2. The highest BCUT2D eigenvalue weighted by Crippen LogP contribution is 2.44. The van der Waals surface area contributed by atoms with E-state index in [4.69, 9.17) is 0 Å². The van der Waals surface area contributed by atoms with Gasteiger partial charge in [-0.3, -0.25) is 0 Å². The van der Waals surface area contributed by atoms with E-state index < -0.39 is 0 Å². The summed E-state index contributed by atoms with van der Waals surface area (Å²) in [7, 11) is 0. The molecule has 5 rings (SSSR count). The van der Waals surface area contributed by atoms with Crippen molar-refractivity contribution in [1.29, 1.82) is 0 Å². The van der Waals surface area contributed by atoms with Gasteiger partial charge in [-0.05, 0) is 64.4 Å². The SMILES string of the molecule is Cc1cc(C)cc(-c2c(-c3ccccc3)ccc3c2C=C(c2ccccc2)[CH]3)c1. The fourth-order valence-corrected chi connectivity index (χ4v) is 4.37. The Bertz CT molecular complexity index is 1190. The molecule has 0 heteroatoms. The molecule has 0 spiro atoms. The lowest BCUT2D eigenvalue weighted by Gasteiger charge is -2.16. The molecule has 0 nitrogen and oxygen atoms in total. The van der Waals surface area contributed by atoms with E-state index >= 15 is 0 Å². The largest absolute Gasteiger partial charge is 0.0622 e. The molecule has 1 radical (unpaired) electrons. The summed E-state index contributed by atoms with van der Waals surface area (Å²) >= 11 is 0. The number of hydrogen-bond donors (Lipinski definition) is 0. The van der Waals surface area contributed by atoms with E-state index in [9.17, 15) is 0 Å².